The molecule has 94 valence electrons. The average Bonchev–Trinajstić information content (AvgIpc) is 2.81. The Labute approximate surface area is 104 Å². The lowest BCUT2D eigenvalue weighted by Gasteiger charge is -2.24. The summed E-state index contributed by atoms with van der Waals surface area (Å²) in [5.41, 5.74) is 7.14. The summed E-state index contributed by atoms with van der Waals surface area (Å²) in [6.45, 7) is 2.29. The van der Waals surface area contributed by atoms with Gasteiger partial charge in [-0.05, 0) is 37.8 Å². The SMILES string of the molecule is CCC1CCC(C(NC)c2cccnc2N)C1. The van der Waals surface area contributed by atoms with Gasteiger partial charge in [-0.3, -0.25) is 0 Å². The first kappa shape index (κ1) is 12.4. The second-order valence-electron chi connectivity index (χ2n) is 5.09. The molecule has 1 fully saturated rings. The number of aromatic nitrogens is 1. The lowest BCUT2D eigenvalue weighted by molar-refractivity contribution is 0.373. The molecule has 1 heterocycles. The summed E-state index contributed by atoms with van der Waals surface area (Å²) in [7, 11) is 2.02. The van der Waals surface area contributed by atoms with Crippen LogP contribution in [0.1, 0.15) is 44.2 Å². The molecule has 3 heteroatoms. The second-order valence-corrected chi connectivity index (χ2v) is 5.09. The summed E-state index contributed by atoms with van der Waals surface area (Å²) >= 11 is 0. The predicted octanol–water partition coefficient (Wildman–Crippen LogP) is 2.75. The summed E-state index contributed by atoms with van der Waals surface area (Å²) in [5.74, 6) is 2.27. The number of nitrogens with one attached hydrogen (secondary N) is 1. The molecule has 0 radical (unpaired) electrons. The van der Waals surface area contributed by atoms with E-state index in [9.17, 15) is 0 Å². The molecule has 1 aromatic heterocycles. The fourth-order valence-corrected chi connectivity index (χ4v) is 3.13. The molecule has 0 saturated heterocycles. The van der Waals surface area contributed by atoms with E-state index in [2.05, 4.69) is 23.3 Å². The van der Waals surface area contributed by atoms with Gasteiger partial charge < -0.3 is 11.1 Å². The maximum Gasteiger partial charge on any atom is 0.128 e. The summed E-state index contributed by atoms with van der Waals surface area (Å²) < 4.78 is 0. The van der Waals surface area contributed by atoms with Crippen LogP contribution in [0.25, 0.3) is 0 Å². The van der Waals surface area contributed by atoms with E-state index in [-0.39, 0.29) is 0 Å². The third kappa shape index (κ3) is 2.60. The molecule has 3 nitrogen and oxygen atoms in total. The Balaban J connectivity index is 2.15. The van der Waals surface area contributed by atoms with Crippen LogP contribution < -0.4 is 11.1 Å². The van der Waals surface area contributed by atoms with E-state index < -0.39 is 0 Å². The zero-order valence-corrected chi connectivity index (χ0v) is 10.8. The summed E-state index contributed by atoms with van der Waals surface area (Å²) in [6.07, 6.45) is 7.04. The molecule has 3 N–H and O–H groups in total. The number of nitrogens with zero attached hydrogens (tertiary/aromatic N) is 1. The van der Waals surface area contributed by atoms with Crippen LogP contribution in [0.3, 0.4) is 0 Å². The fourth-order valence-electron chi connectivity index (χ4n) is 3.13. The van der Waals surface area contributed by atoms with Gasteiger partial charge in [-0.25, -0.2) is 4.98 Å². The summed E-state index contributed by atoms with van der Waals surface area (Å²) in [4.78, 5) is 4.20. The molecule has 0 amide bonds. The number of hydrogen-bond donors (Lipinski definition) is 2. The van der Waals surface area contributed by atoms with E-state index in [1.54, 1.807) is 6.20 Å². The van der Waals surface area contributed by atoms with Gasteiger partial charge in [-0.2, -0.15) is 0 Å². The van der Waals surface area contributed by atoms with E-state index in [4.69, 9.17) is 5.73 Å². The normalized spacial score (nSPS) is 26.0. The van der Waals surface area contributed by atoms with Crippen molar-refractivity contribution >= 4 is 5.82 Å². The fraction of sp³-hybridized carbons (Fsp3) is 0.643. The number of pyridine rings is 1. The van der Waals surface area contributed by atoms with Crippen molar-refractivity contribution in [3.8, 4) is 0 Å². The van der Waals surface area contributed by atoms with E-state index >= 15 is 0 Å². The van der Waals surface area contributed by atoms with Crippen LogP contribution in [0, 0.1) is 11.8 Å². The third-order valence-electron chi connectivity index (χ3n) is 4.15. The van der Waals surface area contributed by atoms with Crippen LogP contribution in [0.4, 0.5) is 5.82 Å². The maximum atomic E-state index is 5.98. The van der Waals surface area contributed by atoms with Crippen LogP contribution in [-0.2, 0) is 0 Å². The minimum absolute atomic E-state index is 0.361. The molecule has 17 heavy (non-hydrogen) atoms. The quantitative estimate of drug-likeness (QED) is 0.840. The molecule has 0 aromatic carbocycles. The zero-order chi connectivity index (χ0) is 12.3. The maximum absolute atomic E-state index is 5.98. The van der Waals surface area contributed by atoms with Gasteiger partial charge in [0, 0.05) is 17.8 Å². The van der Waals surface area contributed by atoms with Crippen molar-refractivity contribution in [1.82, 2.24) is 10.3 Å². The predicted molar refractivity (Wildman–Crippen MR) is 71.6 cm³/mol. The highest BCUT2D eigenvalue weighted by Gasteiger charge is 2.31. The van der Waals surface area contributed by atoms with Crippen LogP contribution in [0.5, 0.6) is 0 Å². The van der Waals surface area contributed by atoms with Crippen molar-refractivity contribution in [2.75, 3.05) is 12.8 Å². The zero-order valence-electron chi connectivity index (χ0n) is 10.8. The van der Waals surface area contributed by atoms with Crippen molar-refractivity contribution < 1.29 is 0 Å². The molecule has 3 atom stereocenters. The molecule has 0 bridgehead atoms. The number of rotatable bonds is 4. The second kappa shape index (κ2) is 5.50. The van der Waals surface area contributed by atoms with Crippen molar-refractivity contribution in [2.45, 2.75) is 38.6 Å². The van der Waals surface area contributed by atoms with Gasteiger partial charge in [0.15, 0.2) is 0 Å². The average molecular weight is 233 g/mol. The minimum Gasteiger partial charge on any atom is -0.383 e. The van der Waals surface area contributed by atoms with Crippen molar-refractivity contribution in [2.24, 2.45) is 11.8 Å². The van der Waals surface area contributed by atoms with Crippen molar-refractivity contribution in [3.05, 3.63) is 23.9 Å². The van der Waals surface area contributed by atoms with E-state index in [0.717, 1.165) is 11.5 Å². The van der Waals surface area contributed by atoms with E-state index in [0.29, 0.717) is 17.8 Å². The van der Waals surface area contributed by atoms with Crippen LogP contribution in [0.2, 0.25) is 0 Å². The Morgan fingerprint density at radius 2 is 2.35 bits per heavy atom. The first-order valence-corrected chi connectivity index (χ1v) is 6.63. The van der Waals surface area contributed by atoms with Crippen molar-refractivity contribution in [1.29, 1.82) is 0 Å². The van der Waals surface area contributed by atoms with Gasteiger partial charge in [0.25, 0.3) is 0 Å². The Hall–Kier alpha value is -1.09. The molecule has 1 aliphatic carbocycles. The Morgan fingerprint density at radius 1 is 1.53 bits per heavy atom. The molecule has 0 spiro atoms. The molecule has 1 saturated carbocycles. The summed E-state index contributed by atoms with van der Waals surface area (Å²) in [6, 6.07) is 4.44. The highest BCUT2D eigenvalue weighted by atomic mass is 14.9. The number of hydrogen-bond acceptors (Lipinski definition) is 3. The summed E-state index contributed by atoms with van der Waals surface area (Å²) in [5, 5.41) is 3.43. The van der Waals surface area contributed by atoms with Crippen LogP contribution >= 0.6 is 0 Å². The van der Waals surface area contributed by atoms with Crippen molar-refractivity contribution in [3.63, 3.8) is 0 Å². The molecule has 3 unspecified atom stereocenters. The lowest BCUT2D eigenvalue weighted by Crippen LogP contribution is -2.25. The molecular weight excluding hydrogens is 210 g/mol. The Kier molecular flexibility index (Phi) is 4.00. The standard InChI is InChI=1S/C14H23N3/c1-3-10-6-7-11(9-10)13(16-2)12-5-4-8-17-14(12)15/h4-5,8,10-11,13,16H,3,6-7,9H2,1-2H3,(H2,15,17). The van der Waals surface area contributed by atoms with Gasteiger partial charge in [0.05, 0.1) is 0 Å². The largest absolute Gasteiger partial charge is 0.383 e. The van der Waals surface area contributed by atoms with Gasteiger partial charge >= 0.3 is 0 Å². The van der Waals surface area contributed by atoms with Gasteiger partial charge in [-0.1, -0.05) is 25.8 Å². The van der Waals surface area contributed by atoms with E-state index in [1.165, 1.54) is 25.7 Å². The highest BCUT2D eigenvalue weighted by molar-refractivity contribution is 5.41. The van der Waals surface area contributed by atoms with Gasteiger partial charge in [-0.15, -0.1) is 0 Å². The highest BCUT2D eigenvalue weighted by Crippen LogP contribution is 2.41. The van der Waals surface area contributed by atoms with Crippen LogP contribution in [0.15, 0.2) is 18.3 Å². The smallest absolute Gasteiger partial charge is 0.128 e. The Morgan fingerprint density at radius 3 is 2.94 bits per heavy atom. The molecule has 1 aromatic rings. The van der Waals surface area contributed by atoms with Gasteiger partial charge in [0.2, 0.25) is 0 Å². The minimum atomic E-state index is 0.361. The van der Waals surface area contributed by atoms with Crippen LogP contribution in [-0.4, -0.2) is 12.0 Å². The van der Waals surface area contributed by atoms with E-state index in [1.807, 2.05) is 13.1 Å². The third-order valence-corrected chi connectivity index (χ3v) is 4.15. The Bertz CT molecular complexity index is 364. The molecule has 0 aliphatic heterocycles. The van der Waals surface area contributed by atoms with Gasteiger partial charge in [0.1, 0.15) is 5.82 Å². The molecular formula is C14H23N3. The molecule has 2 rings (SSSR count). The number of nitrogens with two attached hydrogens (primary N) is 1. The first-order chi connectivity index (χ1) is 8.26. The topological polar surface area (TPSA) is 50.9 Å². The monoisotopic (exact) mass is 233 g/mol. The lowest BCUT2D eigenvalue weighted by atomic mass is 9.91. The number of nitrogen functional groups attached to an aromatic ring is 1. The first-order valence-electron chi connectivity index (χ1n) is 6.63. The molecule has 1 aliphatic rings. The number of anilines is 1.